The molecule has 16 heteroatoms. The van der Waals surface area contributed by atoms with E-state index >= 15 is 0 Å². The molecule has 0 aromatic carbocycles. The van der Waals surface area contributed by atoms with E-state index in [1.54, 1.807) is 12.4 Å². The SMILES string of the molecule is [2H]C(C)(C)c1ccc(-c2cn3ccnc3n2C)[n+](C)c1.[2H]C([2H])(c1cc[n+](C)c(-c2cn3ccnc3n2C)c1)C(C)(C)C.[2H]C1(c2cc[n+](C)c(-c3cn4ccnc4n3C)c2)CCCC1.[2H]C1(c2cc[n+](C)c(-c3cn4ccnc4n3C)c2)CCCCC1. The summed E-state index contributed by atoms with van der Waals surface area (Å²) in [4.78, 5) is 17.5. The zero-order valence-corrected chi connectivity index (χ0v) is 50.9. The maximum Gasteiger partial charge on any atom is 0.230 e. The second-order valence-corrected chi connectivity index (χ2v) is 23.8. The fraction of sp³-hybridized carbons (Fsp3) is 0.403. The van der Waals surface area contributed by atoms with Crippen molar-refractivity contribution in [2.45, 2.75) is 116 Å². The molecule has 83 heavy (non-hydrogen) atoms. The summed E-state index contributed by atoms with van der Waals surface area (Å²) in [6.45, 7) is 9.58. The van der Waals surface area contributed by atoms with Crippen LogP contribution in [0.3, 0.4) is 0 Å². The van der Waals surface area contributed by atoms with Crippen LogP contribution in [0.2, 0.25) is 0 Å². The number of imidazole rings is 8. The van der Waals surface area contributed by atoms with Gasteiger partial charge in [0, 0.05) is 157 Å². The lowest BCUT2D eigenvalue weighted by Gasteiger charge is -2.21. The van der Waals surface area contributed by atoms with Crippen LogP contribution in [0.25, 0.3) is 68.7 Å². The van der Waals surface area contributed by atoms with E-state index < -0.39 is 29.5 Å². The summed E-state index contributed by atoms with van der Waals surface area (Å²) in [6, 6.07) is 16.5. The minimum atomic E-state index is -1.42. The van der Waals surface area contributed by atoms with E-state index in [0.29, 0.717) is 5.56 Å². The second kappa shape index (κ2) is 23.5. The van der Waals surface area contributed by atoms with Crippen LogP contribution >= 0.6 is 0 Å². The lowest BCUT2D eigenvalue weighted by molar-refractivity contribution is -0.661. The van der Waals surface area contributed by atoms with Gasteiger partial charge in [-0.05, 0) is 77.9 Å². The molecule has 0 bridgehead atoms. The molecule has 430 valence electrons. The first kappa shape index (κ1) is 50.3. The monoisotopic (exact) mass is 1120 g/mol. The quantitative estimate of drug-likeness (QED) is 0.141. The lowest BCUT2D eigenvalue weighted by Crippen LogP contribution is -2.32. The average Bonchev–Trinajstić information content (AvgIpc) is 1.94. The third kappa shape index (κ3) is 11.7. The van der Waals surface area contributed by atoms with Crippen LogP contribution in [0.4, 0.5) is 0 Å². The van der Waals surface area contributed by atoms with Crippen LogP contribution < -0.4 is 18.3 Å². The molecular formula is C67H86N16+4. The molecule has 0 radical (unpaired) electrons. The van der Waals surface area contributed by atoms with Crippen molar-refractivity contribution in [3.8, 4) is 45.6 Å². The molecule has 12 heterocycles. The fourth-order valence-electron chi connectivity index (χ4n) is 11.9. The highest BCUT2D eigenvalue weighted by molar-refractivity contribution is 5.60. The van der Waals surface area contributed by atoms with Gasteiger partial charge >= 0.3 is 0 Å². The molecule has 0 N–H and O–H groups in total. The Balaban J connectivity index is 0.000000121. The van der Waals surface area contributed by atoms with Crippen molar-refractivity contribution < 1.29 is 25.1 Å². The van der Waals surface area contributed by atoms with Gasteiger partial charge in [0.2, 0.25) is 45.9 Å². The molecule has 2 aliphatic carbocycles. The molecule has 0 atom stereocenters. The van der Waals surface area contributed by atoms with E-state index in [0.717, 1.165) is 137 Å². The standard InChI is InChI=1S/C18H23N4.C17H21N4.C17H23N4.C15H19N4/c1-20-10-8-15(14-6-4-3-5-7-14)12-16(20)17-13-22-11-9-19-18(22)21(17)2;1-19-9-7-14(13-5-3-4-6-13)11-15(19)16-12-21-10-8-18-17(21)20(16)2;1-17(2,3)11-13-6-8-19(4)14(10-13)15-12-21-9-7-18-16(21)20(15)5;1-11(2)12-5-6-13(17(3)9-12)14-10-19-8-7-16-15(19)18(14)4/h8-14H,3-7H2,1-2H3;7-13H,3-6H2,1-2H3;6-10,12H,11H2,1-5H3;5-11H,1-4H3/q4*+1/i14D;13D;11D2;11D. The van der Waals surface area contributed by atoms with Gasteiger partial charge in [0.25, 0.3) is 0 Å². The molecule has 2 aliphatic rings. The Labute approximate surface area is 495 Å². The summed E-state index contributed by atoms with van der Waals surface area (Å²) in [5.74, 6) is 2.24. The van der Waals surface area contributed by atoms with Crippen LogP contribution in [0.15, 0.2) is 148 Å². The van der Waals surface area contributed by atoms with Crippen LogP contribution in [0.5, 0.6) is 0 Å². The minimum absolute atomic E-state index is 0.408. The summed E-state index contributed by atoms with van der Waals surface area (Å²) in [5, 5.41) is 0. The first-order valence-corrected chi connectivity index (χ1v) is 29.1. The molecular weight excluding hydrogens is 1030 g/mol. The van der Waals surface area contributed by atoms with Crippen molar-refractivity contribution >= 4 is 23.1 Å². The predicted molar refractivity (Wildman–Crippen MR) is 327 cm³/mol. The summed E-state index contributed by atoms with van der Waals surface area (Å²) in [5.41, 5.74) is 12.2. The third-order valence-corrected chi connectivity index (χ3v) is 16.5. The van der Waals surface area contributed by atoms with Gasteiger partial charge in [0.15, 0.2) is 24.8 Å². The highest BCUT2D eigenvalue weighted by atomic mass is 15.2. The Morgan fingerprint density at radius 1 is 0.506 bits per heavy atom. The first-order chi connectivity index (χ1) is 41.7. The number of fused-ring (bicyclic) bond motifs is 4. The van der Waals surface area contributed by atoms with Crippen molar-refractivity contribution in [2.75, 3.05) is 0 Å². The van der Waals surface area contributed by atoms with Crippen molar-refractivity contribution in [2.24, 2.45) is 61.8 Å². The Bertz CT molecular complexity index is 4470. The molecule has 0 unspecified atom stereocenters. The molecule has 14 rings (SSSR count). The topological polar surface area (TPSA) is 104 Å². The largest absolute Gasteiger partial charge is 0.308 e. The number of aryl methyl sites for hydroxylation is 8. The van der Waals surface area contributed by atoms with E-state index in [4.69, 9.17) is 6.85 Å². The number of nitrogens with zero attached hydrogens (tertiary/aromatic N) is 16. The van der Waals surface area contributed by atoms with Gasteiger partial charge in [-0.1, -0.05) is 66.7 Å². The highest BCUT2D eigenvalue weighted by Crippen LogP contribution is 2.36. The molecule has 0 aliphatic heterocycles. The number of hydrogen-bond acceptors (Lipinski definition) is 4. The predicted octanol–water partition coefficient (Wildman–Crippen LogP) is 11.1. The highest BCUT2D eigenvalue weighted by Gasteiger charge is 2.26. The van der Waals surface area contributed by atoms with Crippen LogP contribution in [-0.2, 0) is 62.8 Å². The molecule has 0 spiro atoms. The lowest BCUT2D eigenvalue weighted by atomic mass is 9.84. The molecule has 16 nitrogen and oxygen atoms in total. The van der Waals surface area contributed by atoms with Gasteiger partial charge in [0.05, 0.1) is 0 Å². The van der Waals surface area contributed by atoms with Crippen molar-refractivity contribution in [1.82, 2.24) is 55.8 Å². The summed E-state index contributed by atoms with van der Waals surface area (Å²) in [7, 11) is 16.2. The molecule has 12 aromatic rings. The van der Waals surface area contributed by atoms with Crippen LogP contribution in [-0.4, -0.2) is 55.8 Å². The summed E-state index contributed by atoms with van der Waals surface area (Å²) in [6.07, 6.45) is 39.8. The van der Waals surface area contributed by atoms with E-state index in [2.05, 4.69) is 123 Å². The zero-order valence-electron chi connectivity index (χ0n) is 55.9. The summed E-state index contributed by atoms with van der Waals surface area (Å²) >= 11 is 0. The van der Waals surface area contributed by atoms with Crippen LogP contribution in [0.1, 0.15) is 139 Å². The number of pyridine rings is 4. The van der Waals surface area contributed by atoms with Gasteiger partial charge in [0.1, 0.15) is 51.0 Å². The van der Waals surface area contributed by atoms with E-state index in [1.165, 1.54) is 6.42 Å². The van der Waals surface area contributed by atoms with E-state index in [9.17, 15) is 0 Å². The molecule has 2 saturated carbocycles. The Morgan fingerprint density at radius 2 is 0.867 bits per heavy atom. The molecule has 2 fully saturated rings. The average molecular weight is 1120 g/mol. The van der Waals surface area contributed by atoms with Crippen molar-refractivity contribution in [1.29, 1.82) is 0 Å². The van der Waals surface area contributed by atoms with Crippen LogP contribution in [0, 0.1) is 5.41 Å². The zero-order chi connectivity index (χ0) is 62.8. The van der Waals surface area contributed by atoms with Gasteiger partial charge in [-0.25, -0.2) is 19.9 Å². The number of rotatable bonds is 8. The third-order valence-electron chi connectivity index (χ3n) is 16.5. The maximum atomic E-state index is 8.89. The van der Waals surface area contributed by atoms with Crippen molar-refractivity contribution in [3.05, 3.63) is 170 Å². The Hall–Kier alpha value is -8.40. The fourth-order valence-corrected chi connectivity index (χ4v) is 11.9. The maximum absolute atomic E-state index is 8.89. The normalized spacial score (nSPS) is 16.1. The van der Waals surface area contributed by atoms with E-state index in [-0.39, 0.29) is 0 Å². The van der Waals surface area contributed by atoms with Crippen molar-refractivity contribution in [3.63, 3.8) is 0 Å². The second-order valence-electron chi connectivity index (χ2n) is 23.8. The molecule has 12 aromatic heterocycles. The number of hydrogen-bond donors (Lipinski definition) is 0. The van der Waals surface area contributed by atoms with Gasteiger partial charge in [-0.2, -0.15) is 18.3 Å². The smallest absolute Gasteiger partial charge is 0.230 e. The molecule has 0 saturated heterocycles. The van der Waals surface area contributed by atoms with Gasteiger partial charge < -0.3 is 18.3 Å². The molecule has 0 amide bonds. The number of aromatic nitrogens is 16. The Morgan fingerprint density at radius 3 is 1.23 bits per heavy atom. The minimum Gasteiger partial charge on any atom is -0.308 e. The van der Waals surface area contributed by atoms with E-state index in [1.807, 2.05) is 178 Å². The van der Waals surface area contributed by atoms with Gasteiger partial charge in [-0.3, -0.25) is 17.6 Å². The summed E-state index contributed by atoms with van der Waals surface area (Å²) < 4.78 is 67.5. The first-order valence-electron chi connectivity index (χ1n) is 31.6. The van der Waals surface area contributed by atoms with Gasteiger partial charge in [-0.15, -0.1) is 0 Å². The Kier molecular flexibility index (Phi) is 14.2.